The second-order valence-corrected chi connectivity index (χ2v) is 6.39. The maximum absolute atomic E-state index is 12.7. The van der Waals surface area contributed by atoms with Crippen LogP contribution in [0.3, 0.4) is 0 Å². The van der Waals surface area contributed by atoms with Crippen LogP contribution in [0.4, 0.5) is 0 Å². The van der Waals surface area contributed by atoms with E-state index in [1.165, 1.54) is 6.42 Å². The SMILES string of the molecule is Cc1nn(C)c(C)c1C(=O)N1CCC2(CCNC2)CC1. The second-order valence-electron chi connectivity index (χ2n) is 6.39. The molecule has 1 amide bonds. The third-order valence-electron chi connectivity index (χ3n) is 5.17. The highest BCUT2D eigenvalue weighted by Crippen LogP contribution is 2.37. The minimum Gasteiger partial charge on any atom is -0.338 e. The van der Waals surface area contributed by atoms with E-state index in [-0.39, 0.29) is 5.91 Å². The molecule has 5 heteroatoms. The van der Waals surface area contributed by atoms with Crippen molar-refractivity contribution in [2.24, 2.45) is 12.5 Å². The van der Waals surface area contributed by atoms with Crippen molar-refractivity contribution in [2.45, 2.75) is 33.1 Å². The Balaban J connectivity index is 1.73. The molecule has 2 aliphatic rings. The van der Waals surface area contributed by atoms with Crippen molar-refractivity contribution in [1.82, 2.24) is 20.0 Å². The maximum Gasteiger partial charge on any atom is 0.257 e. The molecule has 20 heavy (non-hydrogen) atoms. The Morgan fingerprint density at radius 3 is 2.45 bits per heavy atom. The maximum atomic E-state index is 12.7. The Morgan fingerprint density at radius 1 is 1.25 bits per heavy atom. The predicted molar refractivity (Wildman–Crippen MR) is 77.7 cm³/mol. The lowest BCUT2D eigenvalue weighted by Crippen LogP contribution is -2.44. The van der Waals surface area contributed by atoms with Crippen LogP contribution in [0, 0.1) is 19.3 Å². The van der Waals surface area contributed by atoms with Crippen LogP contribution in [0.1, 0.15) is 41.0 Å². The van der Waals surface area contributed by atoms with Crippen molar-refractivity contribution in [3.8, 4) is 0 Å². The van der Waals surface area contributed by atoms with Gasteiger partial charge in [0.15, 0.2) is 0 Å². The van der Waals surface area contributed by atoms with Gasteiger partial charge < -0.3 is 10.2 Å². The topological polar surface area (TPSA) is 50.2 Å². The average molecular weight is 276 g/mol. The molecule has 0 aliphatic carbocycles. The van der Waals surface area contributed by atoms with Crippen molar-refractivity contribution < 1.29 is 4.79 Å². The number of hydrogen-bond acceptors (Lipinski definition) is 3. The lowest BCUT2D eigenvalue weighted by molar-refractivity contribution is 0.0606. The number of amides is 1. The summed E-state index contributed by atoms with van der Waals surface area (Å²) in [7, 11) is 1.90. The molecule has 3 heterocycles. The van der Waals surface area contributed by atoms with Gasteiger partial charge in [-0.25, -0.2) is 0 Å². The molecule has 5 nitrogen and oxygen atoms in total. The summed E-state index contributed by atoms with van der Waals surface area (Å²) < 4.78 is 1.80. The normalized spacial score (nSPS) is 21.6. The van der Waals surface area contributed by atoms with E-state index in [0.717, 1.165) is 56.0 Å². The first-order chi connectivity index (χ1) is 9.52. The molecule has 0 unspecified atom stereocenters. The summed E-state index contributed by atoms with van der Waals surface area (Å²) >= 11 is 0. The summed E-state index contributed by atoms with van der Waals surface area (Å²) in [6, 6.07) is 0. The smallest absolute Gasteiger partial charge is 0.257 e. The van der Waals surface area contributed by atoms with Crippen LogP contribution >= 0.6 is 0 Å². The molecular formula is C15H24N4O. The summed E-state index contributed by atoms with van der Waals surface area (Å²) in [5, 5.41) is 7.82. The Hall–Kier alpha value is -1.36. The standard InChI is InChI=1S/C15H24N4O/c1-11-13(12(2)18(3)17-11)14(20)19-8-5-15(6-9-19)4-7-16-10-15/h16H,4-10H2,1-3H3. The van der Waals surface area contributed by atoms with Crippen molar-refractivity contribution in [3.05, 3.63) is 17.0 Å². The predicted octanol–water partition coefficient (Wildman–Crippen LogP) is 1.25. The highest BCUT2D eigenvalue weighted by molar-refractivity contribution is 5.96. The fourth-order valence-electron chi connectivity index (χ4n) is 3.65. The molecule has 0 radical (unpaired) electrons. The van der Waals surface area contributed by atoms with Crippen molar-refractivity contribution in [1.29, 1.82) is 0 Å². The van der Waals surface area contributed by atoms with Gasteiger partial charge in [0.25, 0.3) is 5.91 Å². The largest absolute Gasteiger partial charge is 0.338 e. The van der Waals surface area contributed by atoms with Gasteiger partial charge in [-0.05, 0) is 45.1 Å². The molecule has 0 atom stereocenters. The molecule has 0 aromatic carbocycles. The zero-order chi connectivity index (χ0) is 14.3. The van der Waals surface area contributed by atoms with E-state index in [0.29, 0.717) is 5.41 Å². The number of aryl methyl sites for hydroxylation is 2. The van der Waals surface area contributed by atoms with Gasteiger partial charge in [0, 0.05) is 32.4 Å². The summed E-state index contributed by atoms with van der Waals surface area (Å²) in [5.74, 6) is 0.161. The van der Waals surface area contributed by atoms with Gasteiger partial charge in [-0.1, -0.05) is 0 Å². The van der Waals surface area contributed by atoms with Gasteiger partial charge in [-0.15, -0.1) is 0 Å². The Morgan fingerprint density at radius 2 is 1.95 bits per heavy atom. The number of piperidine rings is 1. The lowest BCUT2D eigenvalue weighted by atomic mass is 9.78. The van der Waals surface area contributed by atoms with E-state index in [1.807, 2.05) is 25.8 Å². The average Bonchev–Trinajstić information content (AvgIpc) is 2.97. The Labute approximate surface area is 120 Å². The molecule has 1 spiro atoms. The van der Waals surface area contributed by atoms with Crippen LogP contribution in [0.15, 0.2) is 0 Å². The Bertz CT molecular complexity index is 518. The zero-order valence-corrected chi connectivity index (χ0v) is 12.7. The summed E-state index contributed by atoms with van der Waals surface area (Å²) in [4.78, 5) is 14.7. The second kappa shape index (κ2) is 4.88. The van der Waals surface area contributed by atoms with Gasteiger partial charge in [0.2, 0.25) is 0 Å². The molecule has 2 fully saturated rings. The van der Waals surface area contributed by atoms with E-state index in [2.05, 4.69) is 10.4 Å². The van der Waals surface area contributed by atoms with Gasteiger partial charge in [0.1, 0.15) is 0 Å². The van der Waals surface area contributed by atoms with Crippen LogP contribution in [0.5, 0.6) is 0 Å². The number of nitrogens with one attached hydrogen (secondary N) is 1. The van der Waals surface area contributed by atoms with Gasteiger partial charge in [-0.3, -0.25) is 9.48 Å². The molecule has 2 aliphatic heterocycles. The van der Waals surface area contributed by atoms with E-state index in [1.54, 1.807) is 4.68 Å². The molecule has 110 valence electrons. The first-order valence-corrected chi connectivity index (χ1v) is 7.53. The van der Waals surface area contributed by atoms with Crippen molar-refractivity contribution in [2.75, 3.05) is 26.2 Å². The number of likely N-dealkylation sites (tertiary alicyclic amines) is 1. The molecule has 3 rings (SSSR count). The minimum absolute atomic E-state index is 0.161. The monoisotopic (exact) mass is 276 g/mol. The molecule has 1 aromatic rings. The molecule has 1 N–H and O–H groups in total. The minimum atomic E-state index is 0.161. The van der Waals surface area contributed by atoms with E-state index >= 15 is 0 Å². The van der Waals surface area contributed by atoms with Gasteiger partial charge in [-0.2, -0.15) is 5.10 Å². The number of hydrogen-bond donors (Lipinski definition) is 1. The molecule has 2 saturated heterocycles. The van der Waals surface area contributed by atoms with Crippen LogP contribution in [-0.2, 0) is 7.05 Å². The summed E-state index contributed by atoms with van der Waals surface area (Å²) in [5.41, 5.74) is 3.07. The van der Waals surface area contributed by atoms with Gasteiger partial charge >= 0.3 is 0 Å². The summed E-state index contributed by atoms with van der Waals surface area (Å²) in [6.07, 6.45) is 3.52. The van der Waals surface area contributed by atoms with Crippen molar-refractivity contribution in [3.63, 3.8) is 0 Å². The quantitative estimate of drug-likeness (QED) is 0.840. The van der Waals surface area contributed by atoms with E-state index in [4.69, 9.17) is 0 Å². The van der Waals surface area contributed by atoms with Gasteiger partial charge in [0.05, 0.1) is 11.3 Å². The van der Waals surface area contributed by atoms with Crippen LogP contribution in [0.2, 0.25) is 0 Å². The fraction of sp³-hybridized carbons (Fsp3) is 0.733. The molecule has 0 saturated carbocycles. The van der Waals surface area contributed by atoms with E-state index < -0.39 is 0 Å². The first-order valence-electron chi connectivity index (χ1n) is 7.53. The molecule has 0 bridgehead atoms. The number of carbonyl (C=O) groups is 1. The molecule has 1 aromatic heterocycles. The third-order valence-corrected chi connectivity index (χ3v) is 5.17. The third kappa shape index (κ3) is 2.14. The lowest BCUT2D eigenvalue weighted by Gasteiger charge is -2.38. The van der Waals surface area contributed by atoms with Crippen molar-refractivity contribution >= 4 is 5.91 Å². The van der Waals surface area contributed by atoms with Crippen LogP contribution in [0.25, 0.3) is 0 Å². The number of nitrogens with zero attached hydrogens (tertiary/aromatic N) is 3. The highest BCUT2D eigenvalue weighted by atomic mass is 16.2. The fourth-order valence-corrected chi connectivity index (χ4v) is 3.65. The number of carbonyl (C=O) groups excluding carboxylic acids is 1. The number of aromatic nitrogens is 2. The summed E-state index contributed by atoms with van der Waals surface area (Å²) in [6.45, 7) is 7.92. The highest BCUT2D eigenvalue weighted by Gasteiger charge is 2.38. The zero-order valence-electron chi connectivity index (χ0n) is 12.7. The van der Waals surface area contributed by atoms with E-state index in [9.17, 15) is 4.79 Å². The first kappa shape index (κ1) is 13.6. The molecular weight excluding hydrogens is 252 g/mol. The number of rotatable bonds is 1. The van der Waals surface area contributed by atoms with Crippen LogP contribution < -0.4 is 5.32 Å². The van der Waals surface area contributed by atoms with Crippen LogP contribution in [-0.4, -0.2) is 46.8 Å². The Kier molecular flexibility index (Phi) is 3.32.